The fourth-order valence-electron chi connectivity index (χ4n) is 1.56. The third kappa shape index (κ3) is 3.78. The Kier molecular flexibility index (Phi) is 5.02. The predicted octanol–water partition coefficient (Wildman–Crippen LogP) is 2.65. The molecule has 84 valence electrons. The summed E-state index contributed by atoms with van der Waals surface area (Å²) in [4.78, 5) is 0. The van der Waals surface area contributed by atoms with Crippen molar-refractivity contribution in [3.63, 3.8) is 0 Å². The largest absolute Gasteiger partial charge is 0.271 e. The lowest BCUT2D eigenvalue weighted by Crippen LogP contribution is -2.36. The van der Waals surface area contributed by atoms with E-state index >= 15 is 0 Å². The second-order valence-corrected chi connectivity index (χ2v) is 4.00. The molecule has 0 aliphatic heterocycles. The molecule has 1 atom stereocenters. The highest BCUT2D eigenvalue weighted by Gasteiger charge is 2.09. The summed E-state index contributed by atoms with van der Waals surface area (Å²) in [6.45, 7) is 2.08. The Hall–Kier alpha value is -0.640. The Bertz CT molecular complexity index is 317. The Balaban J connectivity index is 2.73. The number of hydrazine groups is 1. The lowest BCUT2D eigenvalue weighted by molar-refractivity contribution is 0.485. The van der Waals surface area contributed by atoms with Crippen LogP contribution in [0.25, 0.3) is 0 Å². The maximum atomic E-state index is 13.0. The Morgan fingerprint density at radius 1 is 1.53 bits per heavy atom. The van der Waals surface area contributed by atoms with Crippen molar-refractivity contribution in [2.75, 3.05) is 0 Å². The lowest BCUT2D eigenvalue weighted by Gasteiger charge is -2.15. The van der Waals surface area contributed by atoms with Gasteiger partial charge >= 0.3 is 0 Å². The van der Waals surface area contributed by atoms with E-state index in [1.165, 1.54) is 12.1 Å². The first-order chi connectivity index (χ1) is 7.17. The summed E-state index contributed by atoms with van der Waals surface area (Å²) in [5.41, 5.74) is 3.52. The van der Waals surface area contributed by atoms with Gasteiger partial charge in [-0.3, -0.25) is 11.3 Å². The monoisotopic (exact) mass is 230 g/mol. The van der Waals surface area contributed by atoms with Crippen molar-refractivity contribution in [2.45, 2.75) is 32.2 Å². The molecule has 0 aliphatic rings. The molecule has 0 saturated heterocycles. The Morgan fingerprint density at radius 3 is 2.87 bits per heavy atom. The molecule has 1 rings (SSSR count). The Labute approximate surface area is 94.6 Å². The molecule has 1 unspecified atom stereocenters. The van der Waals surface area contributed by atoms with Crippen LogP contribution in [0.4, 0.5) is 4.39 Å². The van der Waals surface area contributed by atoms with E-state index in [1.54, 1.807) is 6.07 Å². The molecule has 2 nitrogen and oxygen atoms in total. The number of halogens is 2. The van der Waals surface area contributed by atoms with E-state index in [0.29, 0.717) is 11.4 Å². The SMILES string of the molecule is CCCC(Cc1cc(F)ccc1Cl)NN. The summed E-state index contributed by atoms with van der Waals surface area (Å²) >= 11 is 5.96. The average molecular weight is 231 g/mol. The van der Waals surface area contributed by atoms with Crippen molar-refractivity contribution < 1.29 is 4.39 Å². The second-order valence-electron chi connectivity index (χ2n) is 3.59. The zero-order chi connectivity index (χ0) is 11.3. The minimum Gasteiger partial charge on any atom is -0.271 e. The minimum atomic E-state index is -0.262. The van der Waals surface area contributed by atoms with E-state index < -0.39 is 0 Å². The van der Waals surface area contributed by atoms with Gasteiger partial charge in [-0.2, -0.15) is 0 Å². The van der Waals surface area contributed by atoms with Crippen molar-refractivity contribution in [1.29, 1.82) is 0 Å². The van der Waals surface area contributed by atoms with E-state index in [1.807, 2.05) is 0 Å². The number of nitrogens with one attached hydrogen (secondary N) is 1. The number of benzene rings is 1. The molecule has 0 aromatic heterocycles. The zero-order valence-electron chi connectivity index (χ0n) is 8.76. The third-order valence-corrected chi connectivity index (χ3v) is 2.72. The highest BCUT2D eigenvalue weighted by molar-refractivity contribution is 6.31. The number of nitrogens with two attached hydrogens (primary N) is 1. The molecule has 0 amide bonds. The quantitative estimate of drug-likeness (QED) is 0.603. The molecule has 0 bridgehead atoms. The van der Waals surface area contributed by atoms with Crippen LogP contribution >= 0.6 is 11.6 Å². The molecular weight excluding hydrogens is 215 g/mol. The van der Waals surface area contributed by atoms with Crippen molar-refractivity contribution >= 4 is 11.6 Å². The summed E-state index contributed by atoms with van der Waals surface area (Å²) in [6.07, 6.45) is 2.63. The van der Waals surface area contributed by atoms with Crippen molar-refractivity contribution in [3.8, 4) is 0 Å². The average Bonchev–Trinajstić information content (AvgIpc) is 2.22. The number of rotatable bonds is 5. The van der Waals surface area contributed by atoms with Crippen LogP contribution in [0.15, 0.2) is 18.2 Å². The van der Waals surface area contributed by atoms with Gasteiger partial charge in [-0.1, -0.05) is 24.9 Å². The number of hydrogen-bond acceptors (Lipinski definition) is 2. The van der Waals surface area contributed by atoms with Crippen LogP contribution in [-0.2, 0) is 6.42 Å². The van der Waals surface area contributed by atoms with E-state index in [4.69, 9.17) is 17.4 Å². The topological polar surface area (TPSA) is 38.0 Å². The van der Waals surface area contributed by atoms with Gasteiger partial charge in [0.1, 0.15) is 5.82 Å². The van der Waals surface area contributed by atoms with Gasteiger partial charge in [-0.25, -0.2) is 4.39 Å². The van der Waals surface area contributed by atoms with E-state index in [0.717, 1.165) is 18.4 Å². The summed E-state index contributed by atoms with van der Waals surface area (Å²) in [5.74, 6) is 5.15. The summed E-state index contributed by atoms with van der Waals surface area (Å²) < 4.78 is 13.0. The van der Waals surface area contributed by atoms with Crippen LogP contribution in [0.2, 0.25) is 5.02 Å². The molecule has 0 saturated carbocycles. The van der Waals surface area contributed by atoms with Crippen LogP contribution in [0, 0.1) is 5.82 Å². The maximum absolute atomic E-state index is 13.0. The smallest absolute Gasteiger partial charge is 0.123 e. The second kappa shape index (κ2) is 6.05. The highest BCUT2D eigenvalue weighted by Crippen LogP contribution is 2.19. The number of hydrogen-bond donors (Lipinski definition) is 2. The van der Waals surface area contributed by atoms with E-state index in [-0.39, 0.29) is 11.9 Å². The van der Waals surface area contributed by atoms with Gasteiger partial charge in [0.2, 0.25) is 0 Å². The predicted molar refractivity (Wildman–Crippen MR) is 61.1 cm³/mol. The summed E-state index contributed by atoms with van der Waals surface area (Å²) in [5, 5.41) is 0.591. The molecule has 1 aromatic rings. The fourth-order valence-corrected chi connectivity index (χ4v) is 1.75. The molecule has 0 spiro atoms. The van der Waals surface area contributed by atoms with Crippen LogP contribution in [0.5, 0.6) is 0 Å². The minimum absolute atomic E-state index is 0.147. The first-order valence-electron chi connectivity index (χ1n) is 5.07. The molecule has 0 radical (unpaired) electrons. The van der Waals surface area contributed by atoms with Crippen molar-refractivity contribution in [2.24, 2.45) is 5.84 Å². The molecule has 4 heteroatoms. The van der Waals surface area contributed by atoms with Crippen LogP contribution in [0.3, 0.4) is 0 Å². The fraction of sp³-hybridized carbons (Fsp3) is 0.455. The normalized spacial score (nSPS) is 12.8. The Morgan fingerprint density at radius 2 is 2.27 bits per heavy atom. The van der Waals surface area contributed by atoms with Gasteiger partial charge in [0, 0.05) is 11.1 Å². The highest BCUT2D eigenvalue weighted by atomic mass is 35.5. The van der Waals surface area contributed by atoms with Crippen LogP contribution < -0.4 is 11.3 Å². The van der Waals surface area contributed by atoms with Gasteiger partial charge in [-0.05, 0) is 36.6 Å². The summed E-state index contributed by atoms with van der Waals surface area (Å²) in [7, 11) is 0. The van der Waals surface area contributed by atoms with E-state index in [2.05, 4.69) is 12.3 Å². The van der Waals surface area contributed by atoms with Crippen molar-refractivity contribution in [1.82, 2.24) is 5.43 Å². The van der Waals surface area contributed by atoms with Gasteiger partial charge < -0.3 is 0 Å². The van der Waals surface area contributed by atoms with Gasteiger partial charge in [0.05, 0.1) is 0 Å². The first-order valence-corrected chi connectivity index (χ1v) is 5.45. The van der Waals surface area contributed by atoms with Gasteiger partial charge in [0.15, 0.2) is 0 Å². The lowest BCUT2D eigenvalue weighted by atomic mass is 10.0. The molecule has 3 N–H and O–H groups in total. The molecular formula is C11H16ClFN2. The van der Waals surface area contributed by atoms with Crippen molar-refractivity contribution in [3.05, 3.63) is 34.6 Å². The first kappa shape index (κ1) is 12.4. The van der Waals surface area contributed by atoms with Crippen LogP contribution in [0.1, 0.15) is 25.3 Å². The van der Waals surface area contributed by atoms with Gasteiger partial charge in [0.25, 0.3) is 0 Å². The molecule has 1 aromatic carbocycles. The standard InChI is InChI=1S/C11H16ClFN2/c1-2-3-10(15-14)7-8-6-9(13)4-5-11(8)12/h4-6,10,15H,2-3,7,14H2,1H3. The maximum Gasteiger partial charge on any atom is 0.123 e. The zero-order valence-corrected chi connectivity index (χ0v) is 9.52. The molecule has 15 heavy (non-hydrogen) atoms. The summed E-state index contributed by atoms with van der Waals surface area (Å²) in [6, 6.07) is 4.54. The van der Waals surface area contributed by atoms with E-state index in [9.17, 15) is 4.39 Å². The molecule has 0 aliphatic carbocycles. The molecule has 0 heterocycles. The van der Waals surface area contributed by atoms with Crippen LogP contribution in [-0.4, -0.2) is 6.04 Å². The van der Waals surface area contributed by atoms with Gasteiger partial charge in [-0.15, -0.1) is 0 Å². The molecule has 0 fully saturated rings. The third-order valence-electron chi connectivity index (χ3n) is 2.35.